The molecule has 1 aliphatic heterocycles. The Balaban J connectivity index is 1.73. The van der Waals surface area contributed by atoms with Gasteiger partial charge in [-0.3, -0.25) is 9.59 Å². The number of carbonyl (C=O) groups is 2. The van der Waals surface area contributed by atoms with Gasteiger partial charge in [0.15, 0.2) is 0 Å². The second kappa shape index (κ2) is 5.57. The van der Waals surface area contributed by atoms with E-state index in [9.17, 15) is 19.8 Å². The van der Waals surface area contributed by atoms with Crippen LogP contribution in [0.2, 0.25) is 0 Å². The minimum absolute atomic E-state index is 0.00118. The Labute approximate surface area is 164 Å². The number of aliphatic hydroxyl groups is 1. The zero-order valence-corrected chi connectivity index (χ0v) is 16.4. The van der Waals surface area contributed by atoms with Crippen LogP contribution in [-0.4, -0.2) is 58.2 Å². The monoisotopic (exact) mass is 385 g/mol. The number of fused-ring (bicyclic) bond motifs is 1. The zero-order chi connectivity index (χ0) is 19.9. The molecule has 150 valence electrons. The SMILES string of the molecule is C[N@+]1(CC2CC2)CC[C@]23CC(=O)CC[C@@]2(O)C1Cc1ccc(C(N)=O)c(O)c13. The van der Waals surface area contributed by atoms with Crippen molar-refractivity contribution in [1.82, 2.24) is 0 Å². The number of quaternary nitrogens is 1. The standard InChI is InChI=1S/C22H28N2O4/c1-24(12-13-2-3-13)9-8-21-11-15(25)6-7-22(21,28)17(24)10-14-4-5-16(20(23)27)19(26)18(14)21/h4-5,13,17,28H,2-3,6-12H2,1H3,(H2-,23,26,27)/p+1/t17?,21-,22-,24-/m1/s1. The van der Waals surface area contributed by atoms with Crippen molar-refractivity contribution in [3.8, 4) is 5.75 Å². The van der Waals surface area contributed by atoms with E-state index in [1.165, 1.54) is 12.8 Å². The van der Waals surface area contributed by atoms with E-state index in [1.54, 1.807) is 6.07 Å². The highest BCUT2D eigenvalue weighted by molar-refractivity contribution is 5.96. The molecule has 0 spiro atoms. The highest BCUT2D eigenvalue weighted by Crippen LogP contribution is 2.61. The molecule has 6 heteroatoms. The number of piperidine rings is 1. The number of carbonyl (C=O) groups excluding carboxylic acids is 2. The van der Waals surface area contributed by atoms with Crippen LogP contribution in [0.3, 0.4) is 0 Å². The molecule has 2 saturated carbocycles. The van der Waals surface area contributed by atoms with Crippen LogP contribution in [0.25, 0.3) is 0 Å². The summed E-state index contributed by atoms with van der Waals surface area (Å²) in [4.78, 5) is 24.4. The fourth-order valence-corrected chi connectivity index (χ4v) is 6.73. The van der Waals surface area contributed by atoms with Crippen molar-refractivity contribution in [2.24, 2.45) is 11.7 Å². The lowest BCUT2D eigenvalue weighted by Crippen LogP contribution is -2.78. The number of aromatic hydroxyl groups is 1. The van der Waals surface area contributed by atoms with E-state index in [2.05, 4.69) is 7.05 Å². The number of hydrogen-bond acceptors (Lipinski definition) is 4. The predicted octanol–water partition coefficient (Wildman–Crippen LogP) is 1.40. The van der Waals surface area contributed by atoms with Gasteiger partial charge in [0.05, 0.1) is 25.7 Å². The normalized spacial score (nSPS) is 39.2. The first-order chi connectivity index (χ1) is 13.2. The van der Waals surface area contributed by atoms with Gasteiger partial charge in [0.2, 0.25) is 0 Å². The number of hydrogen-bond donors (Lipinski definition) is 3. The number of nitrogens with zero attached hydrogens (tertiary/aromatic N) is 1. The van der Waals surface area contributed by atoms with Crippen LogP contribution in [-0.2, 0) is 16.6 Å². The first kappa shape index (κ1) is 18.1. The number of ketones is 1. The zero-order valence-electron chi connectivity index (χ0n) is 16.4. The van der Waals surface area contributed by atoms with Gasteiger partial charge in [-0.25, -0.2) is 0 Å². The summed E-state index contributed by atoms with van der Waals surface area (Å²) in [6.07, 6.45) is 4.85. The Morgan fingerprint density at radius 2 is 2.07 bits per heavy atom. The number of nitrogens with two attached hydrogens (primary N) is 1. The average molecular weight is 385 g/mol. The molecule has 1 heterocycles. The van der Waals surface area contributed by atoms with E-state index in [0.717, 1.165) is 29.1 Å². The van der Waals surface area contributed by atoms with Crippen molar-refractivity contribution in [1.29, 1.82) is 0 Å². The number of benzene rings is 1. The summed E-state index contributed by atoms with van der Waals surface area (Å²) >= 11 is 0. The Morgan fingerprint density at radius 3 is 2.75 bits per heavy atom. The Morgan fingerprint density at radius 1 is 1.32 bits per heavy atom. The molecule has 6 nitrogen and oxygen atoms in total. The lowest BCUT2D eigenvalue weighted by molar-refractivity contribution is -0.950. The Hall–Kier alpha value is -1.92. The first-order valence-electron chi connectivity index (χ1n) is 10.4. The molecule has 4 aliphatic rings. The molecule has 4 atom stereocenters. The summed E-state index contributed by atoms with van der Waals surface area (Å²) in [6, 6.07) is 3.46. The van der Waals surface area contributed by atoms with Gasteiger partial charge in [-0.1, -0.05) is 6.07 Å². The maximum absolute atomic E-state index is 12.6. The molecule has 1 saturated heterocycles. The second-order valence-electron chi connectivity index (χ2n) is 9.88. The van der Waals surface area contributed by atoms with Crippen LogP contribution >= 0.6 is 0 Å². The largest absolute Gasteiger partial charge is 0.507 e. The first-order valence-corrected chi connectivity index (χ1v) is 10.4. The maximum Gasteiger partial charge on any atom is 0.252 e. The molecule has 0 aromatic heterocycles. The quantitative estimate of drug-likeness (QED) is 0.685. The highest BCUT2D eigenvalue weighted by atomic mass is 16.3. The smallest absolute Gasteiger partial charge is 0.252 e. The number of phenols is 1. The molecule has 3 fully saturated rings. The Bertz CT molecular complexity index is 895. The summed E-state index contributed by atoms with van der Waals surface area (Å²) in [5.41, 5.74) is 5.23. The number of rotatable bonds is 3. The molecular formula is C22H29N2O4+. The third-order valence-electron chi connectivity index (χ3n) is 8.26. The fraction of sp³-hybridized carbons (Fsp3) is 0.636. The maximum atomic E-state index is 12.6. The van der Waals surface area contributed by atoms with E-state index in [4.69, 9.17) is 5.73 Å². The van der Waals surface area contributed by atoms with Gasteiger partial charge in [-0.2, -0.15) is 0 Å². The van der Waals surface area contributed by atoms with Crippen molar-refractivity contribution in [3.63, 3.8) is 0 Å². The van der Waals surface area contributed by atoms with Gasteiger partial charge >= 0.3 is 0 Å². The van der Waals surface area contributed by atoms with Gasteiger partial charge in [0, 0.05) is 42.6 Å². The molecule has 1 aromatic carbocycles. The molecule has 1 aromatic rings. The van der Waals surface area contributed by atoms with Crippen molar-refractivity contribution >= 4 is 11.7 Å². The topological polar surface area (TPSA) is 101 Å². The average Bonchev–Trinajstić information content (AvgIpc) is 3.43. The third-order valence-corrected chi connectivity index (χ3v) is 8.26. The van der Waals surface area contributed by atoms with Crippen LogP contribution in [0.1, 0.15) is 60.0 Å². The van der Waals surface area contributed by atoms with Gasteiger partial charge in [0.1, 0.15) is 23.2 Å². The van der Waals surface area contributed by atoms with Crippen LogP contribution in [0.4, 0.5) is 0 Å². The van der Waals surface area contributed by atoms with E-state index in [1.807, 2.05) is 6.07 Å². The molecule has 2 bridgehead atoms. The minimum Gasteiger partial charge on any atom is -0.507 e. The summed E-state index contributed by atoms with van der Waals surface area (Å²) < 4.78 is 0.828. The second-order valence-corrected chi connectivity index (χ2v) is 9.88. The molecule has 3 aliphatic carbocycles. The molecule has 4 N–H and O–H groups in total. The van der Waals surface area contributed by atoms with E-state index in [0.29, 0.717) is 31.2 Å². The number of likely N-dealkylation sites (tertiary alicyclic amines) is 1. The van der Waals surface area contributed by atoms with Crippen LogP contribution < -0.4 is 5.73 Å². The summed E-state index contributed by atoms with van der Waals surface area (Å²) in [5.74, 6) is 0.0429. The lowest BCUT2D eigenvalue weighted by atomic mass is 9.48. The number of likely N-dealkylation sites (N-methyl/N-ethyl adjacent to an activating group) is 1. The van der Waals surface area contributed by atoms with Gasteiger partial charge in [-0.05, 0) is 30.9 Å². The number of Topliss-reactive ketones (excluding diaryl/α,β-unsaturated/α-hetero) is 1. The molecule has 5 rings (SSSR count). The fourth-order valence-electron chi connectivity index (χ4n) is 6.73. The third kappa shape index (κ3) is 2.22. The van der Waals surface area contributed by atoms with Crippen molar-refractivity contribution in [2.75, 3.05) is 20.1 Å². The van der Waals surface area contributed by atoms with Gasteiger partial charge in [0.25, 0.3) is 5.91 Å². The van der Waals surface area contributed by atoms with Crippen LogP contribution in [0.15, 0.2) is 12.1 Å². The van der Waals surface area contributed by atoms with E-state index in [-0.39, 0.29) is 29.6 Å². The molecule has 28 heavy (non-hydrogen) atoms. The Kier molecular flexibility index (Phi) is 3.61. The molecule has 0 radical (unpaired) electrons. The number of primary amides is 1. The van der Waals surface area contributed by atoms with Crippen molar-refractivity contribution in [3.05, 3.63) is 28.8 Å². The van der Waals surface area contributed by atoms with E-state index < -0.39 is 16.9 Å². The van der Waals surface area contributed by atoms with E-state index >= 15 is 0 Å². The van der Waals surface area contributed by atoms with Crippen LogP contribution in [0, 0.1) is 5.92 Å². The van der Waals surface area contributed by atoms with Crippen molar-refractivity contribution < 1.29 is 24.3 Å². The predicted molar refractivity (Wildman–Crippen MR) is 103 cm³/mol. The molecule has 1 amide bonds. The number of amides is 1. The summed E-state index contributed by atoms with van der Waals surface area (Å²) in [7, 11) is 2.25. The van der Waals surface area contributed by atoms with Crippen molar-refractivity contribution in [2.45, 2.75) is 62.0 Å². The molecular weight excluding hydrogens is 356 g/mol. The van der Waals surface area contributed by atoms with Crippen LogP contribution in [0.5, 0.6) is 5.75 Å². The lowest BCUT2D eigenvalue weighted by Gasteiger charge is -2.65. The van der Waals surface area contributed by atoms with Gasteiger partial charge < -0.3 is 20.4 Å². The molecule has 1 unspecified atom stereocenters. The highest BCUT2D eigenvalue weighted by Gasteiger charge is 2.70. The minimum atomic E-state index is -1.05. The van der Waals surface area contributed by atoms with Gasteiger partial charge in [-0.15, -0.1) is 0 Å². The summed E-state index contributed by atoms with van der Waals surface area (Å²) in [5, 5.41) is 23.2. The summed E-state index contributed by atoms with van der Waals surface area (Å²) in [6.45, 7) is 1.94.